The SMILES string of the molecule is N#Cc1ccnc(N2C[C@H]3C[C@@H](C2)[C@H](Cc2cccc(F)c2)N2C(=O)CCC[C@@H]32)c1. The van der Waals surface area contributed by atoms with E-state index in [1.54, 1.807) is 24.4 Å². The smallest absolute Gasteiger partial charge is 0.223 e. The summed E-state index contributed by atoms with van der Waals surface area (Å²) in [6, 6.07) is 12.8. The van der Waals surface area contributed by atoms with Gasteiger partial charge in [-0.1, -0.05) is 12.1 Å². The molecule has 3 aliphatic heterocycles. The number of nitriles is 1. The van der Waals surface area contributed by atoms with Crippen molar-refractivity contribution in [1.82, 2.24) is 9.88 Å². The van der Waals surface area contributed by atoms with Crippen LogP contribution in [0.2, 0.25) is 0 Å². The highest BCUT2D eigenvalue weighted by Gasteiger charge is 2.49. The van der Waals surface area contributed by atoms with Gasteiger partial charge in [-0.25, -0.2) is 9.37 Å². The van der Waals surface area contributed by atoms with Gasteiger partial charge in [0, 0.05) is 37.8 Å². The third kappa shape index (κ3) is 3.43. The molecule has 3 saturated heterocycles. The predicted octanol–water partition coefficient (Wildman–Crippen LogP) is 3.54. The Labute approximate surface area is 176 Å². The standard InChI is InChI=1S/C24H25FN4O/c25-20-4-1-3-16(9-20)10-22-19-12-18(21-5-2-6-24(30)29(21)22)14-28(15-19)23-11-17(13-26)7-8-27-23/h1,3-4,7-9,11,18-19,21-22H,2,5-6,10,12,14-15H2/t18-,19+,21+,22+/m1/s1. The van der Waals surface area contributed by atoms with E-state index in [0.717, 1.165) is 43.7 Å². The second-order valence-electron chi connectivity index (χ2n) is 8.84. The van der Waals surface area contributed by atoms with E-state index in [-0.39, 0.29) is 23.8 Å². The minimum Gasteiger partial charge on any atom is -0.356 e. The van der Waals surface area contributed by atoms with Crippen molar-refractivity contribution in [3.63, 3.8) is 0 Å². The van der Waals surface area contributed by atoms with Crippen molar-refractivity contribution in [3.8, 4) is 6.07 Å². The minimum absolute atomic E-state index is 0.0720. The molecule has 2 bridgehead atoms. The van der Waals surface area contributed by atoms with Crippen LogP contribution in [0, 0.1) is 29.0 Å². The van der Waals surface area contributed by atoms with E-state index in [1.807, 2.05) is 12.1 Å². The van der Waals surface area contributed by atoms with Crippen LogP contribution in [-0.4, -0.2) is 41.0 Å². The number of aromatic nitrogens is 1. The average molecular weight is 404 g/mol. The molecule has 3 aliphatic rings. The monoisotopic (exact) mass is 404 g/mol. The molecule has 0 aliphatic carbocycles. The molecular weight excluding hydrogens is 379 g/mol. The molecule has 5 nitrogen and oxygen atoms in total. The summed E-state index contributed by atoms with van der Waals surface area (Å²) < 4.78 is 13.8. The van der Waals surface area contributed by atoms with Crippen LogP contribution in [0.1, 0.15) is 36.8 Å². The number of carbonyl (C=O) groups excluding carboxylic acids is 1. The lowest BCUT2D eigenvalue weighted by Crippen LogP contribution is -2.65. The highest BCUT2D eigenvalue weighted by atomic mass is 19.1. The van der Waals surface area contributed by atoms with Crippen molar-refractivity contribution < 1.29 is 9.18 Å². The van der Waals surface area contributed by atoms with Gasteiger partial charge in [-0.05, 0) is 67.3 Å². The first-order chi connectivity index (χ1) is 14.6. The van der Waals surface area contributed by atoms with E-state index in [0.29, 0.717) is 30.2 Å². The Morgan fingerprint density at radius 3 is 2.90 bits per heavy atom. The van der Waals surface area contributed by atoms with Gasteiger partial charge in [0.15, 0.2) is 0 Å². The van der Waals surface area contributed by atoms with Crippen LogP contribution in [-0.2, 0) is 11.2 Å². The second-order valence-corrected chi connectivity index (χ2v) is 8.84. The molecule has 1 aromatic heterocycles. The number of halogens is 1. The Morgan fingerprint density at radius 2 is 2.07 bits per heavy atom. The van der Waals surface area contributed by atoms with Crippen molar-refractivity contribution in [2.75, 3.05) is 18.0 Å². The maximum atomic E-state index is 13.8. The number of carbonyl (C=O) groups is 1. The van der Waals surface area contributed by atoms with E-state index >= 15 is 0 Å². The summed E-state index contributed by atoms with van der Waals surface area (Å²) in [7, 11) is 0. The van der Waals surface area contributed by atoms with E-state index in [1.165, 1.54) is 6.07 Å². The summed E-state index contributed by atoms with van der Waals surface area (Å²) in [6.07, 6.45) is 6.04. The van der Waals surface area contributed by atoms with Crippen LogP contribution >= 0.6 is 0 Å². The fourth-order valence-corrected chi connectivity index (χ4v) is 5.79. The Kier molecular flexibility index (Phi) is 4.90. The zero-order valence-corrected chi connectivity index (χ0v) is 16.9. The molecule has 1 aromatic carbocycles. The maximum Gasteiger partial charge on any atom is 0.223 e. The van der Waals surface area contributed by atoms with Crippen LogP contribution in [0.25, 0.3) is 0 Å². The Hall–Kier alpha value is -2.94. The van der Waals surface area contributed by atoms with Crippen LogP contribution in [0.4, 0.5) is 10.2 Å². The number of piperidine rings is 3. The van der Waals surface area contributed by atoms with Gasteiger partial charge < -0.3 is 9.80 Å². The highest BCUT2D eigenvalue weighted by molar-refractivity contribution is 5.78. The number of hydrogen-bond donors (Lipinski definition) is 0. The molecule has 4 heterocycles. The topological polar surface area (TPSA) is 60.2 Å². The van der Waals surface area contributed by atoms with Crippen molar-refractivity contribution in [1.29, 1.82) is 5.26 Å². The van der Waals surface area contributed by atoms with Crippen molar-refractivity contribution in [2.24, 2.45) is 11.8 Å². The molecule has 0 N–H and O–H groups in total. The number of pyridine rings is 1. The zero-order chi connectivity index (χ0) is 20.7. The number of fused-ring (bicyclic) bond motifs is 4. The maximum absolute atomic E-state index is 13.8. The number of amides is 1. The fraction of sp³-hybridized carbons (Fsp3) is 0.458. The minimum atomic E-state index is -0.231. The number of hydrogen-bond acceptors (Lipinski definition) is 4. The van der Waals surface area contributed by atoms with E-state index in [4.69, 9.17) is 0 Å². The molecule has 4 atom stereocenters. The first-order valence-electron chi connectivity index (χ1n) is 10.8. The summed E-state index contributed by atoms with van der Waals surface area (Å²) in [4.78, 5) is 21.9. The Balaban J connectivity index is 1.47. The lowest BCUT2D eigenvalue weighted by atomic mass is 9.70. The van der Waals surface area contributed by atoms with Gasteiger partial charge in [0.1, 0.15) is 11.6 Å². The molecule has 0 radical (unpaired) electrons. The predicted molar refractivity (Wildman–Crippen MR) is 111 cm³/mol. The van der Waals surface area contributed by atoms with Crippen LogP contribution < -0.4 is 4.90 Å². The normalized spacial score (nSPS) is 28.1. The van der Waals surface area contributed by atoms with Gasteiger partial charge in [-0.15, -0.1) is 0 Å². The van der Waals surface area contributed by atoms with Crippen molar-refractivity contribution in [3.05, 3.63) is 59.5 Å². The number of rotatable bonds is 3. The zero-order valence-electron chi connectivity index (χ0n) is 16.9. The molecule has 0 saturated carbocycles. The lowest BCUT2D eigenvalue weighted by Gasteiger charge is -2.57. The Morgan fingerprint density at radius 1 is 1.20 bits per heavy atom. The summed E-state index contributed by atoms with van der Waals surface area (Å²) in [5.74, 6) is 1.57. The molecule has 1 amide bonds. The third-order valence-electron chi connectivity index (χ3n) is 7.03. The van der Waals surface area contributed by atoms with E-state index < -0.39 is 0 Å². The number of nitrogens with zero attached hydrogens (tertiary/aromatic N) is 4. The summed E-state index contributed by atoms with van der Waals surface area (Å²) >= 11 is 0. The summed E-state index contributed by atoms with van der Waals surface area (Å²) in [6.45, 7) is 1.66. The third-order valence-corrected chi connectivity index (χ3v) is 7.03. The second kappa shape index (κ2) is 7.71. The summed E-state index contributed by atoms with van der Waals surface area (Å²) in [5, 5.41) is 9.26. The molecule has 0 unspecified atom stereocenters. The lowest BCUT2D eigenvalue weighted by molar-refractivity contribution is -0.148. The first-order valence-corrected chi connectivity index (χ1v) is 10.8. The molecule has 6 heteroatoms. The fourth-order valence-electron chi connectivity index (χ4n) is 5.79. The molecule has 154 valence electrons. The molecular formula is C24H25FN4O. The van der Waals surface area contributed by atoms with Gasteiger partial charge in [0.2, 0.25) is 5.91 Å². The van der Waals surface area contributed by atoms with Gasteiger partial charge in [-0.2, -0.15) is 5.26 Å². The Bertz CT molecular complexity index is 1000. The van der Waals surface area contributed by atoms with Crippen LogP contribution in [0.5, 0.6) is 0 Å². The van der Waals surface area contributed by atoms with Crippen LogP contribution in [0.3, 0.4) is 0 Å². The quantitative estimate of drug-likeness (QED) is 0.785. The van der Waals surface area contributed by atoms with Gasteiger partial charge in [-0.3, -0.25) is 4.79 Å². The van der Waals surface area contributed by atoms with Crippen molar-refractivity contribution in [2.45, 2.75) is 44.2 Å². The molecule has 0 spiro atoms. The first kappa shape index (κ1) is 19.0. The van der Waals surface area contributed by atoms with Crippen LogP contribution in [0.15, 0.2) is 42.6 Å². The molecule has 5 rings (SSSR count). The van der Waals surface area contributed by atoms with Gasteiger partial charge in [0.05, 0.1) is 11.6 Å². The molecule has 3 fully saturated rings. The molecule has 30 heavy (non-hydrogen) atoms. The average Bonchev–Trinajstić information content (AvgIpc) is 2.77. The van der Waals surface area contributed by atoms with Crippen molar-refractivity contribution >= 4 is 11.7 Å². The number of benzene rings is 1. The highest BCUT2D eigenvalue weighted by Crippen LogP contribution is 2.43. The van der Waals surface area contributed by atoms with Gasteiger partial charge in [0.25, 0.3) is 0 Å². The molecule has 2 aromatic rings. The number of anilines is 1. The van der Waals surface area contributed by atoms with E-state index in [9.17, 15) is 14.4 Å². The summed E-state index contributed by atoms with van der Waals surface area (Å²) in [5.41, 5.74) is 1.55. The van der Waals surface area contributed by atoms with Gasteiger partial charge >= 0.3 is 0 Å². The largest absolute Gasteiger partial charge is 0.356 e. The van der Waals surface area contributed by atoms with E-state index in [2.05, 4.69) is 20.9 Å².